The molecule has 4 fully saturated rings. The molecule has 3 radical (unpaired) electrons. The Hall–Kier alpha value is -1.87. The van der Waals surface area contributed by atoms with Crippen LogP contribution in [0.5, 0.6) is 5.75 Å². The minimum Gasteiger partial charge on any atom is -0.540 e. The van der Waals surface area contributed by atoms with Crippen LogP contribution in [-0.4, -0.2) is 16.8 Å². The van der Waals surface area contributed by atoms with Gasteiger partial charge in [-0.25, -0.2) is 0 Å². The van der Waals surface area contributed by atoms with Crippen molar-refractivity contribution >= 4 is 16.8 Å². The van der Waals surface area contributed by atoms with Crippen molar-refractivity contribution in [2.75, 3.05) is 0 Å². The smallest absolute Gasteiger partial charge is 0.341 e. The van der Waals surface area contributed by atoms with Crippen LogP contribution in [0.1, 0.15) is 91.9 Å². The second-order valence-electron chi connectivity index (χ2n) is 12.0. The van der Waals surface area contributed by atoms with Crippen molar-refractivity contribution in [3.63, 3.8) is 0 Å². The minimum atomic E-state index is 0.0346. The second kappa shape index (κ2) is 7.58. The third-order valence-electron chi connectivity index (χ3n) is 8.77. The predicted molar refractivity (Wildman–Crippen MR) is 132 cm³/mol. The van der Waals surface area contributed by atoms with Crippen molar-refractivity contribution in [2.45, 2.75) is 84.0 Å². The summed E-state index contributed by atoms with van der Waals surface area (Å²) in [5, 5.41) is 0. The summed E-state index contributed by atoms with van der Waals surface area (Å²) in [6, 6.07) is 7.97. The SMILES string of the molecule is Cc1c(C)c(C(C)(C)C)c(C23CC4CC(CC(C4)C2)C3)c(O[Si])c1-c1ccc(C=O)cc1. The molecule has 0 amide bonds. The number of aldehydes is 1. The lowest BCUT2D eigenvalue weighted by Crippen LogP contribution is -2.49. The molecule has 32 heavy (non-hydrogen) atoms. The lowest BCUT2D eigenvalue weighted by atomic mass is 9.46. The Balaban J connectivity index is 1.82. The number of carbonyl (C=O) groups is 1. The summed E-state index contributed by atoms with van der Waals surface area (Å²) in [5.41, 5.74) is 8.87. The van der Waals surface area contributed by atoms with Gasteiger partial charge in [0.25, 0.3) is 0 Å². The molecule has 4 aliphatic rings. The normalized spacial score (nSPS) is 28.8. The van der Waals surface area contributed by atoms with Crippen LogP contribution in [0.25, 0.3) is 11.1 Å². The average Bonchev–Trinajstić information content (AvgIpc) is 2.73. The zero-order chi connectivity index (χ0) is 22.8. The van der Waals surface area contributed by atoms with Crippen molar-refractivity contribution < 1.29 is 9.22 Å². The number of hydrogen-bond acceptors (Lipinski definition) is 2. The molecule has 2 nitrogen and oxygen atoms in total. The Labute approximate surface area is 196 Å². The van der Waals surface area contributed by atoms with Crippen molar-refractivity contribution in [3.8, 4) is 16.9 Å². The molecule has 0 unspecified atom stereocenters. The van der Waals surface area contributed by atoms with Gasteiger partial charge in [-0.3, -0.25) is 4.79 Å². The molecule has 6 rings (SSSR count). The Kier molecular flexibility index (Phi) is 5.20. The zero-order valence-electron chi connectivity index (χ0n) is 20.2. The minimum absolute atomic E-state index is 0.0346. The van der Waals surface area contributed by atoms with E-state index in [-0.39, 0.29) is 10.8 Å². The predicted octanol–water partition coefficient (Wildman–Crippen LogP) is 7.01. The van der Waals surface area contributed by atoms with Crippen molar-refractivity contribution in [1.29, 1.82) is 0 Å². The summed E-state index contributed by atoms with van der Waals surface area (Å²) in [6.45, 7) is 11.6. The highest BCUT2D eigenvalue weighted by atomic mass is 28.2. The van der Waals surface area contributed by atoms with Gasteiger partial charge in [-0.15, -0.1) is 0 Å². The summed E-state index contributed by atoms with van der Waals surface area (Å²) < 4.78 is 6.18. The van der Waals surface area contributed by atoms with Gasteiger partial charge in [-0.2, -0.15) is 0 Å². The van der Waals surface area contributed by atoms with Gasteiger partial charge >= 0.3 is 10.5 Å². The molecule has 167 valence electrons. The summed E-state index contributed by atoms with van der Waals surface area (Å²) in [7, 11) is 3.53. The lowest BCUT2D eigenvalue weighted by molar-refractivity contribution is -0.00655. The van der Waals surface area contributed by atoms with Crippen LogP contribution >= 0.6 is 0 Å². The summed E-state index contributed by atoms with van der Waals surface area (Å²) >= 11 is 0. The van der Waals surface area contributed by atoms with Gasteiger partial charge in [0.2, 0.25) is 0 Å². The molecule has 0 heterocycles. The highest BCUT2D eigenvalue weighted by molar-refractivity contribution is 6.01. The maximum Gasteiger partial charge on any atom is 0.341 e. The molecule has 4 bridgehead atoms. The van der Waals surface area contributed by atoms with Crippen LogP contribution in [0.15, 0.2) is 24.3 Å². The fourth-order valence-corrected chi connectivity index (χ4v) is 8.21. The first-order valence-electron chi connectivity index (χ1n) is 12.2. The third-order valence-corrected chi connectivity index (χ3v) is 8.98. The van der Waals surface area contributed by atoms with Gasteiger partial charge in [-0.05, 0) is 97.8 Å². The van der Waals surface area contributed by atoms with E-state index in [2.05, 4.69) is 57.2 Å². The van der Waals surface area contributed by atoms with Gasteiger partial charge in [-0.1, -0.05) is 45.0 Å². The molecule has 2 aromatic carbocycles. The molecule has 3 heteroatoms. The second-order valence-corrected chi connectivity index (χ2v) is 12.2. The Morgan fingerprint density at radius 2 is 1.47 bits per heavy atom. The topological polar surface area (TPSA) is 26.3 Å². The van der Waals surface area contributed by atoms with E-state index in [1.54, 1.807) is 0 Å². The van der Waals surface area contributed by atoms with Crippen LogP contribution in [0.4, 0.5) is 0 Å². The first-order valence-corrected chi connectivity index (χ1v) is 12.6. The van der Waals surface area contributed by atoms with E-state index in [0.717, 1.165) is 35.4 Å². The highest BCUT2D eigenvalue weighted by Crippen LogP contribution is 2.64. The number of hydrogen-bond donors (Lipinski definition) is 0. The van der Waals surface area contributed by atoms with Gasteiger partial charge in [0.05, 0.1) is 0 Å². The molecule has 0 saturated heterocycles. The van der Waals surface area contributed by atoms with E-state index >= 15 is 0 Å². The third kappa shape index (κ3) is 3.31. The average molecular weight is 444 g/mol. The number of rotatable bonds is 4. The van der Waals surface area contributed by atoms with Gasteiger partial charge in [0, 0.05) is 22.1 Å². The maximum atomic E-state index is 11.2. The Bertz CT molecular complexity index is 1020. The van der Waals surface area contributed by atoms with Crippen molar-refractivity contribution in [3.05, 3.63) is 52.1 Å². The fourth-order valence-electron chi connectivity index (χ4n) is 8.01. The molecule has 0 aromatic heterocycles. The standard InChI is InChI=1S/C29H35O2Si/c1-17-18(2)25(28(3,4)5)26(29-13-20-10-21(14-29)12-22(11-20)15-29)27(31-32)24(17)23-8-6-19(16-30)7-9-23/h6-9,16,20-22H,10-15H2,1-5H3. The molecule has 0 N–H and O–H groups in total. The Morgan fingerprint density at radius 1 is 0.938 bits per heavy atom. The summed E-state index contributed by atoms with van der Waals surface area (Å²) in [5.74, 6) is 3.62. The van der Waals surface area contributed by atoms with E-state index in [9.17, 15) is 4.79 Å². The van der Waals surface area contributed by atoms with Crippen LogP contribution in [0, 0.1) is 31.6 Å². The molecule has 0 aliphatic heterocycles. The van der Waals surface area contributed by atoms with Crippen LogP contribution in [0.3, 0.4) is 0 Å². The van der Waals surface area contributed by atoms with E-state index in [0.29, 0.717) is 5.56 Å². The first kappa shape index (κ1) is 21.9. The first-order chi connectivity index (χ1) is 15.2. The molecule has 0 spiro atoms. The van der Waals surface area contributed by atoms with Crippen LogP contribution in [-0.2, 0) is 10.8 Å². The van der Waals surface area contributed by atoms with Crippen LogP contribution < -0.4 is 4.43 Å². The maximum absolute atomic E-state index is 11.2. The molecule has 2 aromatic rings. The van der Waals surface area contributed by atoms with E-state index < -0.39 is 0 Å². The van der Waals surface area contributed by atoms with Crippen molar-refractivity contribution in [2.24, 2.45) is 17.8 Å². The fraction of sp³-hybridized carbons (Fsp3) is 0.552. The lowest BCUT2D eigenvalue weighted by Gasteiger charge is -2.58. The zero-order valence-corrected chi connectivity index (χ0v) is 21.2. The monoisotopic (exact) mass is 443 g/mol. The van der Waals surface area contributed by atoms with E-state index in [1.165, 1.54) is 66.3 Å². The van der Waals surface area contributed by atoms with Crippen LogP contribution in [0.2, 0.25) is 0 Å². The quantitative estimate of drug-likeness (QED) is 0.375. The molecule has 0 atom stereocenters. The molecule has 4 saturated carbocycles. The van der Waals surface area contributed by atoms with E-state index in [1.807, 2.05) is 12.1 Å². The van der Waals surface area contributed by atoms with Crippen molar-refractivity contribution in [1.82, 2.24) is 0 Å². The number of benzene rings is 2. The summed E-state index contributed by atoms with van der Waals surface area (Å²) in [6.07, 6.45) is 9.11. The number of carbonyl (C=O) groups excluding carboxylic acids is 1. The van der Waals surface area contributed by atoms with Gasteiger partial charge < -0.3 is 4.43 Å². The highest BCUT2D eigenvalue weighted by Gasteiger charge is 2.54. The van der Waals surface area contributed by atoms with Gasteiger partial charge in [0.15, 0.2) is 0 Å². The largest absolute Gasteiger partial charge is 0.540 e. The van der Waals surface area contributed by atoms with E-state index in [4.69, 9.17) is 4.43 Å². The molecular weight excluding hydrogens is 408 g/mol. The molecule has 4 aliphatic carbocycles. The summed E-state index contributed by atoms with van der Waals surface area (Å²) in [4.78, 5) is 11.2. The Morgan fingerprint density at radius 3 is 1.91 bits per heavy atom. The molecular formula is C29H35O2Si. The van der Waals surface area contributed by atoms with Gasteiger partial charge in [0.1, 0.15) is 12.0 Å².